The molecule has 2 amide bonds. The molecular weight excluding hydrogens is 372 g/mol. The normalized spacial score (nSPS) is 11.5. The van der Waals surface area contributed by atoms with Gasteiger partial charge in [0.2, 0.25) is 0 Å². The average Bonchev–Trinajstić information content (AvgIpc) is 2.50. The van der Waals surface area contributed by atoms with Gasteiger partial charge in [-0.15, -0.1) is 0 Å². The molecule has 0 unspecified atom stereocenters. The van der Waals surface area contributed by atoms with Gasteiger partial charge in [-0.3, -0.25) is 0 Å². The molecule has 0 saturated carbocycles. The summed E-state index contributed by atoms with van der Waals surface area (Å²) in [5.74, 6) is -1.59. The molecule has 0 spiro atoms. The summed E-state index contributed by atoms with van der Waals surface area (Å²) in [6, 6.07) is 0. The van der Waals surface area contributed by atoms with Gasteiger partial charge in [0.1, 0.15) is 26.4 Å². The number of esters is 2. The van der Waals surface area contributed by atoms with E-state index >= 15 is 0 Å². The van der Waals surface area contributed by atoms with Crippen LogP contribution in [-0.2, 0) is 28.5 Å². The van der Waals surface area contributed by atoms with Crippen molar-refractivity contribution in [3.05, 3.63) is 12.2 Å². The SMILES string of the molecule is CC(C)(C)NC(=O)OCCOC(=O)/C=C/C(=O)OCCOC(=O)NC(C)(C)C. The van der Waals surface area contributed by atoms with Crippen LogP contribution in [0.1, 0.15) is 41.5 Å². The second kappa shape index (κ2) is 11.8. The second-order valence-electron chi connectivity index (χ2n) is 7.69. The van der Waals surface area contributed by atoms with Crippen molar-refractivity contribution in [1.29, 1.82) is 0 Å². The van der Waals surface area contributed by atoms with E-state index in [2.05, 4.69) is 10.6 Å². The highest BCUT2D eigenvalue weighted by Gasteiger charge is 2.15. The van der Waals surface area contributed by atoms with Crippen molar-refractivity contribution in [2.24, 2.45) is 0 Å². The third-order valence-electron chi connectivity index (χ3n) is 2.43. The van der Waals surface area contributed by atoms with E-state index in [1.54, 1.807) is 41.5 Å². The van der Waals surface area contributed by atoms with Crippen molar-refractivity contribution in [2.45, 2.75) is 52.6 Å². The molecule has 10 nitrogen and oxygen atoms in total. The fraction of sp³-hybridized carbons (Fsp3) is 0.667. The van der Waals surface area contributed by atoms with Gasteiger partial charge in [-0.2, -0.15) is 0 Å². The Hall–Kier alpha value is -2.78. The molecule has 10 heteroatoms. The molecule has 0 bridgehead atoms. The van der Waals surface area contributed by atoms with Crippen LogP contribution in [0.3, 0.4) is 0 Å². The number of carbonyl (C=O) groups excluding carboxylic acids is 4. The first-order valence-electron chi connectivity index (χ1n) is 8.70. The highest BCUT2D eigenvalue weighted by molar-refractivity contribution is 5.91. The standard InChI is InChI=1S/C18H30N2O8/c1-17(2,3)19-15(23)27-11-9-25-13(21)7-8-14(22)26-10-12-28-16(24)20-18(4,5)6/h7-8H,9-12H2,1-6H3,(H,19,23)(H,20,24)/b8-7+. The zero-order valence-corrected chi connectivity index (χ0v) is 17.2. The van der Waals surface area contributed by atoms with Crippen molar-refractivity contribution < 1.29 is 38.1 Å². The first-order valence-corrected chi connectivity index (χ1v) is 8.70. The fourth-order valence-corrected chi connectivity index (χ4v) is 1.47. The molecule has 28 heavy (non-hydrogen) atoms. The van der Waals surface area contributed by atoms with Gasteiger partial charge in [-0.1, -0.05) is 0 Å². The predicted octanol–water partition coefficient (Wildman–Crippen LogP) is 1.68. The Morgan fingerprint density at radius 2 is 0.893 bits per heavy atom. The Labute approximate surface area is 164 Å². The van der Waals surface area contributed by atoms with Gasteiger partial charge in [-0.25, -0.2) is 19.2 Å². The molecule has 0 aromatic carbocycles. The Morgan fingerprint density at radius 3 is 1.18 bits per heavy atom. The monoisotopic (exact) mass is 402 g/mol. The molecule has 0 heterocycles. The fourth-order valence-electron chi connectivity index (χ4n) is 1.47. The van der Waals surface area contributed by atoms with E-state index in [0.717, 1.165) is 12.2 Å². The van der Waals surface area contributed by atoms with Gasteiger partial charge in [0.05, 0.1) is 0 Å². The largest absolute Gasteiger partial charge is 0.459 e. The Balaban J connectivity index is 3.86. The van der Waals surface area contributed by atoms with Gasteiger partial charge >= 0.3 is 24.1 Å². The second-order valence-corrected chi connectivity index (χ2v) is 7.69. The summed E-state index contributed by atoms with van der Waals surface area (Å²) in [6.07, 6.45) is 0.511. The number of alkyl carbamates (subject to hydrolysis) is 2. The number of hydrogen-bond donors (Lipinski definition) is 2. The lowest BCUT2D eigenvalue weighted by Crippen LogP contribution is -2.41. The van der Waals surface area contributed by atoms with Crippen LogP contribution < -0.4 is 10.6 Å². The number of carbonyl (C=O) groups is 4. The lowest BCUT2D eigenvalue weighted by Gasteiger charge is -2.19. The summed E-state index contributed by atoms with van der Waals surface area (Å²) in [5.41, 5.74) is -0.865. The molecule has 0 aromatic heterocycles. The van der Waals surface area contributed by atoms with E-state index in [1.165, 1.54) is 0 Å². The zero-order valence-electron chi connectivity index (χ0n) is 17.2. The third-order valence-corrected chi connectivity index (χ3v) is 2.43. The average molecular weight is 402 g/mol. The van der Waals surface area contributed by atoms with Crippen LogP contribution in [0.5, 0.6) is 0 Å². The maximum atomic E-state index is 11.4. The number of ether oxygens (including phenoxy) is 4. The van der Waals surface area contributed by atoms with Gasteiger partial charge < -0.3 is 29.6 Å². The van der Waals surface area contributed by atoms with Crippen LogP contribution >= 0.6 is 0 Å². The summed E-state index contributed by atoms with van der Waals surface area (Å²) in [6.45, 7) is 10.2. The molecule has 0 aliphatic carbocycles. The van der Waals surface area contributed by atoms with Crippen LogP contribution in [0.15, 0.2) is 12.2 Å². The van der Waals surface area contributed by atoms with Crippen molar-refractivity contribution in [1.82, 2.24) is 10.6 Å². The lowest BCUT2D eigenvalue weighted by molar-refractivity contribution is -0.141. The van der Waals surface area contributed by atoms with Gasteiger partial charge in [-0.05, 0) is 41.5 Å². The van der Waals surface area contributed by atoms with Crippen LogP contribution in [-0.4, -0.2) is 61.6 Å². The van der Waals surface area contributed by atoms with E-state index in [4.69, 9.17) is 18.9 Å². The molecule has 160 valence electrons. The highest BCUT2D eigenvalue weighted by Crippen LogP contribution is 1.99. The molecule has 0 atom stereocenters. The topological polar surface area (TPSA) is 129 Å². The van der Waals surface area contributed by atoms with E-state index in [9.17, 15) is 19.2 Å². The third kappa shape index (κ3) is 16.7. The van der Waals surface area contributed by atoms with Crippen molar-refractivity contribution in [3.8, 4) is 0 Å². The minimum Gasteiger partial charge on any atom is -0.459 e. The summed E-state index contributed by atoms with van der Waals surface area (Å²) in [5, 5.41) is 5.16. The number of hydrogen-bond acceptors (Lipinski definition) is 8. The molecule has 0 aliphatic heterocycles. The highest BCUT2D eigenvalue weighted by atomic mass is 16.6. The summed E-state index contributed by atoms with van der Waals surface area (Å²) in [7, 11) is 0. The molecule has 0 saturated heterocycles. The number of amides is 2. The Kier molecular flexibility index (Phi) is 10.7. The quantitative estimate of drug-likeness (QED) is 0.271. The van der Waals surface area contributed by atoms with Gasteiger partial charge in [0.25, 0.3) is 0 Å². The van der Waals surface area contributed by atoms with Crippen LogP contribution in [0, 0.1) is 0 Å². The van der Waals surface area contributed by atoms with E-state index in [-0.39, 0.29) is 26.4 Å². The Bertz CT molecular complexity index is 523. The molecule has 0 radical (unpaired) electrons. The predicted molar refractivity (Wildman–Crippen MR) is 99.5 cm³/mol. The first kappa shape index (κ1) is 25.2. The minimum atomic E-state index is -0.794. The Morgan fingerprint density at radius 1 is 0.607 bits per heavy atom. The van der Waals surface area contributed by atoms with Gasteiger partial charge in [0.15, 0.2) is 0 Å². The van der Waals surface area contributed by atoms with Crippen molar-refractivity contribution >= 4 is 24.1 Å². The lowest BCUT2D eigenvalue weighted by atomic mass is 10.1. The molecule has 2 N–H and O–H groups in total. The molecular formula is C18H30N2O8. The van der Waals surface area contributed by atoms with Crippen LogP contribution in [0.25, 0.3) is 0 Å². The summed E-state index contributed by atoms with van der Waals surface area (Å²) < 4.78 is 19.2. The molecule has 0 fully saturated rings. The zero-order chi connectivity index (χ0) is 21.8. The van der Waals surface area contributed by atoms with Crippen LogP contribution in [0.2, 0.25) is 0 Å². The maximum absolute atomic E-state index is 11.4. The molecule has 0 aliphatic rings. The van der Waals surface area contributed by atoms with E-state index in [1.807, 2.05) is 0 Å². The molecule has 0 aromatic rings. The maximum Gasteiger partial charge on any atom is 0.407 e. The number of nitrogens with one attached hydrogen (secondary N) is 2. The number of rotatable bonds is 8. The minimum absolute atomic E-state index is 0.125. The summed E-state index contributed by atoms with van der Waals surface area (Å²) >= 11 is 0. The van der Waals surface area contributed by atoms with Gasteiger partial charge in [0, 0.05) is 23.2 Å². The van der Waals surface area contributed by atoms with Crippen molar-refractivity contribution in [3.63, 3.8) is 0 Å². The van der Waals surface area contributed by atoms with Crippen molar-refractivity contribution in [2.75, 3.05) is 26.4 Å². The smallest absolute Gasteiger partial charge is 0.407 e. The molecule has 0 rings (SSSR count). The summed E-state index contributed by atoms with van der Waals surface area (Å²) in [4.78, 5) is 45.6. The van der Waals surface area contributed by atoms with E-state index in [0.29, 0.717) is 0 Å². The van der Waals surface area contributed by atoms with E-state index < -0.39 is 35.2 Å². The first-order chi connectivity index (χ1) is 12.8. The van der Waals surface area contributed by atoms with Crippen LogP contribution in [0.4, 0.5) is 9.59 Å².